The number of ketones is 2. The average Bonchev–Trinajstić information content (AvgIpc) is 2.65. The largest absolute Gasteiger partial charge is 0.445 e. The van der Waals surface area contributed by atoms with Gasteiger partial charge in [0, 0.05) is 11.1 Å². The summed E-state index contributed by atoms with van der Waals surface area (Å²) in [7, 11) is 0. The van der Waals surface area contributed by atoms with Crippen LogP contribution in [0.25, 0.3) is 0 Å². The monoisotopic (exact) mass is 274 g/mol. The predicted molar refractivity (Wildman–Crippen MR) is 73.8 cm³/mol. The van der Waals surface area contributed by atoms with E-state index in [4.69, 9.17) is 4.74 Å². The van der Waals surface area contributed by atoms with Crippen LogP contribution >= 0.6 is 0 Å². The molecule has 106 valence electrons. The molecule has 0 heterocycles. The van der Waals surface area contributed by atoms with Gasteiger partial charge in [-0.3, -0.25) is 14.4 Å². The maximum absolute atomic E-state index is 12.4. The Balaban J connectivity index is 2.35. The van der Waals surface area contributed by atoms with Crippen molar-refractivity contribution in [2.45, 2.75) is 39.7 Å². The zero-order valence-corrected chi connectivity index (χ0v) is 11.9. The van der Waals surface area contributed by atoms with E-state index < -0.39 is 17.9 Å². The van der Waals surface area contributed by atoms with Crippen LogP contribution in [0.2, 0.25) is 0 Å². The average molecular weight is 274 g/mol. The molecule has 4 nitrogen and oxygen atoms in total. The summed E-state index contributed by atoms with van der Waals surface area (Å²) in [6.07, 6.45) is 0.319. The second-order valence-electron chi connectivity index (χ2n) is 5.29. The minimum atomic E-state index is -1.29. The van der Waals surface area contributed by atoms with Crippen LogP contribution < -0.4 is 0 Å². The topological polar surface area (TPSA) is 60.4 Å². The lowest BCUT2D eigenvalue weighted by Gasteiger charge is -2.11. The molecule has 0 N–H and O–H groups in total. The third-order valence-electron chi connectivity index (χ3n) is 3.36. The highest BCUT2D eigenvalue weighted by atomic mass is 16.6. The summed E-state index contributed by atoms with van der Waals surface area (Å²) in [5.74, 6) is -1.68. The van der Waals surface area contributed by atoms with Crippen LogP contribution in [-0.4, -0.2) is 23.6 Å². The van der Waals surface area contributed by atoms with Gasteiger partial charge in [0.15, 0.2) is 0 Å². The van der Waals surface area contributed by atoms with E-state index in [1.165, 1.54) is 0 Å². The number of esters is 1. The first-order valence-electron chi connectivity index (χ1n) is 6.88. The summed E-state index contributed by atoms with van der Waals surface area (Å²) >= 11 is 0. The van der Waals surface area contributed by atoms with Crippen LogP contribution in [-0.2, 0) is 16.0 Å². The quantitative estimate of drug-likeness (QED) is 0.625. The Bertz CT molecular complexity index is 572. The Labute approximate surface area is 118 Å². The molecular weight excluding hydrogens is 256 g/mol. The summed E-state index contributed by atoms with van der Waals surface area (Å²) in [6.45, 7) is 5.35. The summed E-state index contributed by atoms with van der Waals surface area (Å²) < 4.78 is 5.07. The van der Waals surface area contributed by atoms with Crippen molar-refractivity contribution >= 4 is 17.5 Å². The molecule has 1 aliphatic rings. The van der Waals surface area contributed by atoms with E-state index in [0.29, 0.717) is 11.1 Å². The highest BCUT2D eigenvalue weighted by Crippen LogP contribution is 2.28. The molecule has 1 unspecified atom stereocenters. The molecule has 0 radical (unpaired) electrons. The number of hydrogen-bond acceptors (Lipinski definition) is 4. The second kappa shape index (κ2) is 5.57. The molecule has 0 amide bonds. The summed E-state index contributed by atoms with van der Waals surface area (Å²) in [5, 5.41) is 0. The number of carbonyl (C=O) groups is 3. The summed E-state index contributed by atoms with van der Waals surface area (Å²) in [6, 6.07) is 5.24. The van der Waals surface area contributed by atoms with Gasteiger partial charge in [0.05, 0.1) is 5.92 Å². The molecule has 0 bridgehead atoms. The highest BCUT2D eigenvalue weighted by molar-refractivity contribution is 6.29. The van der Waals surface area contributed by atoms with Crippen molar-refractivity contribution in [1.82, 2.24) is 0 Å². The molecule has 20 heavy (non-hydrogen) atoms. The van der Waals surface area contributed by atoms with Gasteiger partial charge >= 0.3 is 5.97 Å². The van der Waals surface area contributed by atoms with E-state index >= 15 is 0 Å². The predicted octanol–water partition coefficient (Wildman–Crippen LogP) is 2.59. The Hall–Kier alpha value is -1.97. The first-order chi connectivity index (χ1) is 9.47. The van der Waals surface area contributed by atoms with Crippen LogP contribution in [0.15, 0.2) is 18.2 Å². The van der Waals surface area contributed by atoms with Crippen LogP contribution in [0.3, 0.4) is 0 Å². The van der Waals surface area contributed by atoms with Crippen molar-refractivity contribution in [2.24, 2.45) is 5.92 Å². The fraction of sp³-hybridized carbons (Fsp3) is 0.438. The van der Waals surface area contributed by atoms with Crippen LogP contribution in [0.5, 0.6) is 0 Å². The molecule has 1 aliphatic carbocycles. The lowest BCUT2D eigenvalue weighted by Crippen LogP contribution is -2.30. The lowest BCUT2D eigenvalue weighted by molar-refractivity contribution is -0.148. The fourth-order valence-corrected chi connectivity index (χ4v) is 2.32. The van der Waals surface area contributed by atoms with E-state index in [-0.39, 0.29) is 11.7 Å². The standard InChI is InChI=1S/C16H18O4/c1-4-6-10-7-5-8-11-12(10)14(18)15(13(11)17)20-16(19)9(2)3/h5,7-9,15H,4,6H2,1-3H3. The molecule has 0 aromatic heterocycles. The van der Waals surface area contributed by atoms with E-state index in [1.807, 2.05) is 13.0 Å². The van der Waals surface area contributed by atoms with E-state index in [0.717, 1.165) is 18.4 Å². The van der Waals surface area contributed by atoms with Crippen LogP contribution in [0.1, 0.15) is 53.5 Å². The number of aryl methyl sites for hydroxylation is 1. The third kappa shape index (κ3) is 2.38. The molecule has 0 saturated carbocycles. The smallest absolute Gasteiger partial charge is 0.309 e. The first-order valence-corrected chi connectivity index (χ1v) is 6.88. The number of benzene rings is 1. The second-order valence-corrected chi connectivity index (χ2v) is 5.29. The zero-order chi connectivity index (χ0) is 14.9. The Morgan fingerprint density at radius 1 is 1.25 bits per heavy atom. The maximum atomic E-state index is 12.4. The van der Waals surface area contributed by atoms with E-state index in [2.05, 4.69) is 0 Å². The molecule has 0 aliphatic heterocycles. The third-order valence-corrected chi connectivity index (χ3v) is 3.36. The zero-order valence-electron chi connectivity index (χ0n) is 11.9. The van der Waals surface area contributed by atoms with Crippen LogP contribution in [0.4, 0.5) is 0 Å². The first kappa shape index (κ1) is 14.4. The number of carbonyl (C=O) groups excluding carboxylic acids is 3. The fourth-order valence-electron chi connectivity index (χ4n) is 2.32. The number of Topliss-reactive ketones (excluding diaryl/α,β-unsaturated/α-hetero) is 2. The minimum Gasteiger partial charge on any atom is -0.445 e. The molecule has 0 spiro atoms. The Morgan fingerprint density at radius 3 is 2.55 bits per heavy atom. The van der Waals surface area contributed by atoms with Crippen molar-refractivity contribution in [3.63, 3.8) is 0 Å². The van der Waals surface area contributed by atoms with Crippen molar-refractivity contribution in [2.75, 3.05) is 0 Å². The molecule has 4 heteroatoms. The van der Waals surface area contributed by atoms with Gasteiger partial charge in [0.2, 0.25) is 17.7 Å². The van der Waals surface area contributed by atoms with Gasteiger partial charge in [0.1, 0.15) is 0 Å². The van der Waals surface area contributed by atoms with Crippen molar-refractivity contribution in [1.29, 1.82) is 0 Å². The molecule has 2 rings (SSSR count). The number of hydrogen-bond donors (Lipinski definition) is 0. The van der Waals surface area contributed by atoms with Gasteiger partial charge < -0.3 is 4.74 Å². The number of ether oxygens (including phenoxy) is 1. The molecular formula is C16H18O4. The van der Waals surface area contributed by atoms with Gasteiger partial charge in [-0.2, -0.15) is 0 Å². The number of fused-ring (bicyclic) bond motifs is 1. The van der Waals surface area contributed by atoms with Crippen molar-refractivity contribution in [3.8, 4) is 0 Å². The molecule has 0 saturated heterocycles. The van der Waals surface area contributed by atoms with Gasteiger partial charge in [-0.15, -0.1) is 0 Å². The van der Waals surface area contributed by atoms with Gasteiger partial charge in [-0.05, 0) is 12.0 Å². The number of rotatable bonds is 4. The summed E-state index contributed by atoms with van der Waals surface area (Å²) in [5.41, 5.74) is 1.66. The molecule has 1 aromatic carbocycles. The van der Waals surface area contributed by atoms with Gasteiger partial charge in [0.25, 0.3) is 0 Å². The normalized spacial score (nSPS) is 17.5. The molecule has 0 fully saturated rings. The van der Waals surface area contributed by atoms with Crippen molar-refractivity contribution in [3.05, 3.63) is 34.9 Å². The Kier molecular flexibility index (Phi) is 4.02. The Morgan fingerprint density at radius 2 is 1.95 bits per heavy atom. The SMILES string of the molecule is CCCc1cccc2c1C(=O)C(OC(=O)C(C)C)C2=O. The van der Waals surface area contributed by atoms with Crippen LogP contribution in [0, 0.1) is 5.92 Å². The lowest BCUT2D eigenvalue weighted by atomic mass is 9.99. The highest BCUT2D eigenvalue weighted by Gasteiger charge is 2.42. The minimum absolute atomic E-state index is 0.366. The van der Waals surface area contributed by atoms with Gasteiger partial charge in [-0.25, -0.2) is 0 Å². The summed E-state index contributed by atoms with van der Waals surface area (Å²) in [4.78, 5) is 36.2. The molecule has 1 aromatic rings. The maximum Gasteiger partial charge on any atom is 0.309 e. The van der Waals surface area contributed by atoms with Crippen molar-refractivity contribution < 1.29 is 19.1 Å². The van der Waals surface area contributed by atoms with Gasteiger partial charge in [-0.1, -0.05) is 45.4 Å². The van der Waals surface area contributed by atoms with E-state index in [1.54, 1.807) is 26.0 Å². The molecule has 1 atom stereocenters. The van der Waals surface area contributed by atoms with E-state index in [9.17, 15) is 14.4 Å².